The molecule has 4 heteroatoms. The Morgan fingerprint density at radius 1 is 1.25 bits per heavy atom. The van der Waals surface area contributed by atoms with Gasteiger partial charge in [-0.05, 0) is 19.4 Å². The molecule has 0 saturated heterocycles. The molecule has 1 aromatic carbocycles. The molecule has 0 heterocycles. The Morgan fingerprint density at radius 2 is 1.90 bits per heavy atom. The van der Waals surface area contributed by atoms with Crippen molar-refractivity contribution in [2.24, 2.45) is 5.92 Å². The van der Waals surface area contributed by atoms with E-state index in [4.69, 9.17) is 4.74 Å². The zero-order valence-corrected chi connectivity index (χ0v) is 12.4. The number of carbonyl (C=O) groups is 1. The molecule has 0 spiro atoms. The number of rotatable bonds is 9. The Morgan fingerprint density at radius 3 is 2.45 bits per heavy atom. The normalized spacial score (nSPS) is 12.2. The maximum absolute atomic E-state index is 12.0. The van der Waals surface area contributed by atoms with E-state index in [1.54, 1.807) is 4.90 Å². The molecule has 0 radical (unpaired) electrons. The summed E-state index contributed by atoms with van der Waals surface area (Å²) in [6.07, 6.45) is 0.340. The second-order valence-corrected chi connectivity index (χ2v) is 4.82. The number of hydrogen-bond acceptors (Lipinski definition) is 3. The Labute approximate surface area is 121 Å². The van der Waals surface area contributed by atoms with Crippen LogP contribution in [-0.4, -0.2) is 42.2 Å². The number of benzene rings is 1. The number of nitrogens with zero attached hydrogens (tertiary/aromatic N) is 1. The van der Waals surface area contributed by atoms with Crippen LogP contribution in [0.3, 0.4) is 0 Å². The van der Waals surface area contributed by atoms with Gasteiger partial charge in [-0.15, -0.1) is 0 Å². The fraction of sp³-hybridized carbons (Fsp3) is 0.562. The van der Waals surface area contributed by atoms with Crippen molar-refractivity contribution < 1.29 is 14.6 Å². The van der Waals surface area contributed by atoms with Gasteiger partial charge >= 0.3 is 0 Å². The molecule has 0 aromatic heterocycles. The van der Waals surface area contributed by atoms with Crippen molar-refractivity contribution in [2.45, 2.75) is 26.9 Å². The van der Waals surface area contributed by atoms with Crippen LogP contribution in [0.2, 0.25) is 0 Å². The van der Waals surface area contributed by atoms with E-state index < -0.39 is 0 Å². The van der Waals surface area contributed by atoms with Gasteiger partial charge in [0.2, 0.25) is 5.91 Å². The van der Waals surface area contributed by atoms with Gasteiger partial charge in [-0.1, -0.05) is 30.3 Å². The molecule has 1 aromatic rings. The van der Waals surface area contributed by atoms with Gasteiger partial charge in [0.05, 0.1) is 13.2 Å². The second kappa shape index (κ2) is 9.50. The van der Waals surface area contributed by atoms with E-state index in [0.717, 1.165) is 5.56 Å². The number of aliphatic hydroxyl groups excluding tert-OH is 1. The highest BCUT2D eigenvalue weighted by atomic mass is 16.5. The summed E-state index contributed by atoms with van der Waals surface area (Å²) in [7, 11) is 0. The number of amides is 1. The molecule has 0 bridgehead atoms. The van der Waals surface area contributed by atoms with Gasteiger partial charge in [0.25, 0.3) is 0 Å². The number of hydrogen-bond donors (Lipinski definition) is 1. The van der Waals surface area contributed by atoms with Crippen LogP contribution in [0.4, 0.5) is 0 Å². The average molecular weight is 279 g/mol. The molecule has 0 aliphatic rings. The second-order valence-electron chi connectivity index (χ2n) is 4.82. The predicted molar refractivity (Wildman–Crippen MR) is 79.2 cm³/mol. The summed E-state index contributed by atoms with van der Waals surface area (Å²) < 4.78 is 5.59. The first kappa shape index (κ1) is 16.7. The van der Waals surface area contributed by atoms with Gasteiger partial charge in [-0.3, -0.25) is 4.79 Å². The van der Waals surface area contributed by atoms with Crippen molar-refractivity contribution in [3.8, 4) is 0 Å². The summed E-state index contributed by atoms with van der Waals surface area (Å²) in [4.78, 5) is 13.7. The zero-order valence-electron chi connectivity index (χ0n) is 12.4. The third-order valence-electron chi connectivity index (χ3n) is 3.30. The van der Waals surface area contributed by atoms with Crippen LogP contribution in [0.5, 0.6) is 0 Å². The fourth-order valence-electron chi connectivity index (χ4n) is 2.05. The summed E-state index contributed by atoms with van der Waals surface area (Å²) in [5, 5.41) is 9.35. The van der Waals surface area contributed by atoms with Crippen LogP contribution < -0.4 is 0 Å². The van der Waals surface area contributed by atoms with Crippen molar-refractivity contribution in [1.82, 2.24) is 4.90 Å². The highest BCUT2D eigenvalue weighted by Gasteiger charge is 2.17. The van der Waals surface area contributed by atoms with Crippen molar-refractivity contribution in [3.05, 3.63) is 35.9 Å². The van der Waals surface area contributed by atoms with Crippen LogP contribution in [0, 0.1) is 5.92 Å². The zero-order chi connectivity index (χ0) is 14.8. The molecule has 20 heavy (non-hydrogen) atoms. The summed E-state index contributed by atoms with van der Waals surface area (Å²) >= 11 is 0. The third-order valence-corrected chi connectivity index (χ3v) is 3.30. The lowest BCUT2D eigenvalue weighted by atomic mass is 10.1. The standard InChI is InChI=1S/C16H25NO3/c1-3-17(4-2)16(19)10-15(11-18)13-20-12-14-8-6-5-7-9-14/h5-9,15,18H,3-4,10-13H2,1-2H3/t15-/m0/s1. The number of aliphatic hydroxyl groups is 1. The average Bonchev–Trinajstić information content (AvgIpc) is 2.48. The van der Waals surface area contributed by atoms with E-state index in [1.165, 1.54) is 0 Å². The summed E-state index contributed by atoms with van der Waals surface area (Å²) in [5.74, 6) is -0.0517. The molecule has 1 rings (SSSR count). The van der Waals surface area contributed by atoms with E-state index in [-0.39, 0.29) is 18.4 Å². The van der Waals surface area contributed by atoms with Gasteiger partial charge in [0.15, 0.2) is 0 Å². The van der Waals surface area contributed by atoms with Gasteiger partial charge in [-0.25, -0.2) is 0 Å². The lowest BCUT2D eigenvalue weighted by molar-refractivity contribution is -0.132. The topological polar surface area (TPSA) is 49.8 Å². The third kappa shape index (κ3) is 5.72. The van der Waals surface area contributed by atoms with E-state index in [0.29, 0.717) is 32.7 Å². The van der Waals surface area contributed by atoms with E-state index in [2.05, 4.69) is 0 Å². The largest absolute Gasteiger partial charge is 0.396 e. The number of carbonyl (C=O) groups excluding carboxylic acids is 1. The van der Waals surface area contributed by atoms with Crippen LogP contribution in [-0.2, 0) is 16.1 Å². The molecule has 0 fully saturated rings. The first-order chi connectivity index (χ1) is 9.71. The molecular weight excluding hydrogens is 254 g/mol. The summed E-state index contributed by atoms with van der Waals surface area (Å²) in [6, 6.07) is 9.88. The van der Waals surface area contributed by atoms with Gasteiger partial charge in [0.1, 0.15) is 0 Å². The molecular formula is C16H25NO3. The Hall–Kier alpha value is -1.39. The van der Waals surface area contributed by atoms with E-state index >= 15 is 0 Å². The van der Waals surface area contributed by atoms with Crippen LogP contribution >= 0.6 is 0 Å². The molecule has 0 unspecified atom stereocenters. The minimum atomic E-state index is -0.133. The highest BCUT2D eigenvalue weighted by Crippen LogP contribution is 2.09. The molecule has 1 atom stereocenters. The van der Waals surface area contributed by atoms with Crippen LogP contribution in [0.1, 0.15) is 25.8 Å². The van der Waals surface area contributed by atoms with Crippen molar-refractivity contribution in [2.75, 3.05) is 26.3 Å². The minimum Gasteiger partial charge on any atom is -0.396 e. The molecule has 0 aliphatic heterocycles. The molecule has 0 aliphatic carbocycles. The quantitative estimate of drug-likeness (QED) is 0.753. The highest BCUT2D eigenvalue weighted by molar-refractivity contribution is 5.76. The maximum Gasteiger partial charge on any atom is 0.223 e. The van der Waals surface area contributed by atoms with Crippen molar-refractivity contribution >= 4 is 5.91 Å². The summed E-state index contributed by atoms with van der Waals surface area (Å²) in [6.45, 7) is 6.22. The van der Waals surface area contributed by atoms with Crippen molar-refractivity contribution in [3.63, 3.8) is 0 Å². The van der Waals surface area contributed by atoms with Gasteiger partial charge in [-0.2, -0.15) is 0 Å². The molecule has 4 nitrogen and oxygen atoms in total. The molecule has 0 saturated carbocycles. The molecule has 1 amide bonds. The maximum atomic E-state index is 12.0. The first-order valence-corrected chi connectivity index (χ1v) is 7.21. The summed E-state index contributed by atoms with van der Waals surface area (Å²) in [5.41, 5.74) is 1.10. The monoisotopic (exact) mass is 279 g/mol. The lowest BCUT2D eigenvalue weighted by Gasteiger charge is -2.21. The Balaban J connectivity index is 2.34. The smallest absolute Gasteiger partial charge is 0.223 e. The van der Waals surface area contributed by atoms with Crippen molar-refractivity contribution in [1.29, 1.82) is 0 Å². The first-order valence-electron chi connectivity index (χ1n) is 7.21. The van der Waals surface area contributed by atoms with Gasteiger partial charge < -0.3 is 14.7 Å². The fourth-order valence-corrected chi connectivity index (χ4v) is 2.05. The molecule has 1 N–H and O–H groups in total. The van der Waals surface area contributed by atoms with Gasteiger partial charge in [0, 0.05) is 32.0 Å². The number of ether oxygens (including phenoxy) is 1. The predicted octanol–water partition coefficient (Wildman–Crippen LogP) is 2.07. The van der Waals surface area contributed by atoms with E-state index in [1.807, 2.05) is 44.2 Å². The van der Waals surface area contributed by atoms with Crippen LogP contribution in [0.25, 0.3) is 0 Å². The minimum absolute atomic E-state index is 0.0260. The Bertz CT molecular complexity index is 377. The lowest BCUT2D eigenvalue weighted by Crippen LogP contribution is -2.33. The Kier molecular flexibility index (Phi) is 7.92. The van der Waals surface area contributed by atoms with Crippen LogP contribution in [0.15, 0.2) is 30.3 Å². The molecule has 112 valence electrons. The SMILES string of the molecule is CCN(CC)C(=O)C[C@@H](CO)COCc1ccccc1. The van der Waals surface area contributed by atoms with E-state index in [9.17, 15) is 9.90 Å².